The fraction of sp³-hybridized carbons (Fsp3) is 0.286. The summed E-state index contributed by atoms with van der Waals surface area (Å²) in [4.78, 5) is 30.9. The summed E-state index contributed by atoms with van der Waals surface area (Å²) in [6.07, 6.45) is 1.21. The maximum Gasteiger partial charge on any atom is 0.255 e. The summed E-state index contributed by atoms with van der Waals surface area (Å²) in [6, 6.07) is 20.9. The first-order valence-corrected chi connectivity index (χ1v) is 11.5. The average molecular weight is 457 g/mol. The monoisotopic (exact) mass is 456 g/mol. The second-order valence-electron chi connectivity index (χ2n) is 8.78. The van der Waals surface area contributed by atoms with Crippen molar-refractivity contribution in [1.29, 1.82) is 0 Å². The van der Waals surface area contributed by atoms with Crippen molar-refractivity contribution in [3.8, 4) is 11.5 Å². The Labute approximate surface area is 199 Å². The number of hydrogen-bond acceptors (Lipinski definition) is 4. The van der Waals surface area contributed by atoms with Crippen LogP contribution in [0.4, 0.5) is 0 Å². The molecule has 34 heavy (non-hydrogen) atoms. The summed E-state index contributed by atoms with van der Waals surface area (Å²) in [7, 11) is 3.24. The average Bonchev–Trinajstić information content (AvgIpc) is 3.22. The Kier molecular flexibility index (Phi) is 5.97. The molecule has 0 bridgehead atoms. The summed E-state index contributed by atoms with van der Waals surface area (Å²) in [5.74, 6) is 1.25. The molecule has 2 aliphatic rings. The third kappa shape index (κ3) is 4.00. The number of carbonyl (C=O) groups is 2. The predicted molar refractivity (Wildman–Crippen MR) is 129 cm³/mol. The molecule has 0 spiro atoms. The minimum Gasteiger partial charge on any atom is -0.493 e. The summed E-state index contributed by atoms with van der Waals surface area (Å²) in [5.41, 5.74) is 4.90. The molecule has 6 nitrogen and oxygen atoms in total. The molecule has 0 saturated carbocycles. The van der Waals surface area contributed by atoms with E-state index in [1.165, 1.54) is 0 Å². The molecule has 0 saturated heterocycles. The van der Waals surface area contributed by atoms with Crippen LogP contribution in [0, 0.1) is 0 Å². The van der Waals surface area contributed by atoms with Crippen LogP contribution >= 0.6 is 0 Å². The van der Waals surface area contributed by atoms with Crippen LogP contribution in [0.25, 0.3) is 0 Å². The van der Waals surface area contributed by atoms with Crippen LogP contribution in [0.1, 0.15) is 32.6 Å². The summed E-state index contributed by atoms with van der Waals surface area (Å²) in [6.45, 7) is 1.53. The van der Waals surface area contributed by atoms with E-state index in [1.807, 2.05) is 71.6 Å². The van der Waals surface area contributed by atoms with Gasteiger partial charge in [0.05, 0.1) is 14.2 Å². The van der Waals surface area contributed by atoms with E-state index in [-0.39, 0.29) is 11.8 Å². The van der Waals surface area contributed by atoms with Gasteiger partial charge in [0.25, 0.3) is 5.91 Å². The first kappa shape index (κ1) is 22.0. The van der Waals surface area contributed by atoms with Crippen molar-refractivity contribution in [3.63, 3.8) is 0 Å². The number of fused-ring (bicyclic) bond motifs is 2. The molecular weight excluding hydrogens is 428 g/mol. The zero-order valence-corrected chi connectivity index (χ0v) is 19.5. The van der Waals surface area contributed by atoms with Gasteiger partial charge in [0.1, 0.15) is 6.04 Å². The molecule has 5 rings (SSSR count). The molecule has 2 aliphatic heterocycles. The van der Waals surface area contributed by atoms with Gasteiger partial charge in [-0.3, -0.25) is 9.59 Å². The Morgan fingerprint density at radius 2 is 1.56 bits per heavy atom. The Morgan fingerprint density at radius 1 is 0.882 bits per heavy atom. The van der Waals surface area contributed by atoms with Gasteiger partial charge in [-0.1, -0.05) is 48.5 Å². The van der Waals surface area contributed by atoms with E-state index in [0.29, 0.717) is 43.1 Å². The molecule has 3 aromatic carbocycles. The number of rotatable bonds is 6. The lowest BCUT2D eigenvalue weighted by Gasteiger charge is -2.35. The van der Waals surface area contributed by atoms with Crippen molar-refractivity contribution in [2.45, 2.75) is 32.0 Å². The molecule has 1 atom stereocenters. The SMILES string of the molecule is COc1cc2c(cc1OC)CN(C(=O)[C@H](Cc1ccccc1)N1Cc3ccccc3C1=O)CC2. The number of amides is 2. The van der Waals surface area contributed by atoms with Crippen molar-refractivity contribution in [3.05, 3.63) is 94.5 Å². The molecule has 6 heteroatoms. The van der Waals surface area contributed by atoms with Crippen molar-refractivity contribution in [2.24, 2.45) is 0 Å². The minimum absolute atomic E-state index is 0.0227. The van der Waals surface area contributed by atoms with E-state index >= 15 is 0 Å². The molecule has 174 valence electrons. The van der Waals surface area contributed by atoms with E-state index in [1.54, 1.807) is 19.1 Å². The normalized spacial score (nSPS) is 15.5. The largest absolute Gasteiger partial charge is 0.493 e. The van der Waals surface area contributed by atoms with E-state index < -0.39 is 6.04 Å². The number of methoxy groups -OCH3 is 2. The molecule has 2 amide bonds. The third-order valence-electron chi connectivity index (χ3n) is 6.81. The smallest absolute Gasteiger partial charge is 0.255 e. The van der Waals surface area contributed by atoms with Crippen LogP contribution in [0.15, 0.2) is 66.7 Å². The second kappa shape index (κ2) is 9.21. The maximum atomic E-state index is 13.9. The first-order valence-electron chi connectivity index (χ1n) is 11.5. The Hall–Kier alpha value is -3.80. The number of hydrogen-bond donors (Lipinski definition) is 0. The van der Waals surface area contributed by atoms with Crippen molar-refractivity contribution in [1.82, 2.24) is 9.80 Å². The van der Waals surface area contributed by atoms with Gasteiger partial charge in [0, 0.05) is 31.6 Å². The topological polar surface area (TPSA) is 59.1 Å². The van der Waals surface area contributed by atoms with Crippen LogP contribution in [-0.2, 0) is 30.7 Å². The zero-order chi connectivity index (χ0) is 23.7. The Balaban J connectivity index is 1.44. The quantitative estimate of drug-likeness (QED) is 0.565. The van der Waals surface area contributed by atoms with Gasteiger partial charge in [-0.2, -0.15) is 0 Å². The molecule has 2 heterocycles. The predicted octanol–water partition coefficient (Wildman–Crippen LogP) is 3.86. The fourth-order valence-electron chi connectivity index (χ4n) is 4.98. The highest BCUT2D eigenvalue weighted by Gasteiger charge is 2.38. The van der Waals surface area contributed by atoms with E-state index in [4.69, 9.17) is 9.47 Å². The fourth-order valence-corrected chi connectivity index (χ4v) is 4.98. The second-order valence-corrected chi connectivity index (χ2v) is 8.78. The lowest BCUT2D eigenvalue weighted by Crippen LogP contribution is -2.51. The molecule has 0 radical (unpaired) electrons. The summed E-state index contributed by atoms with van der Waals surface area (Å²) < 4.78 is 10.9. The Bertz CT molecular complexity index is 1220. The highest BCUT2D eigenvalue weighted by atomic mass is 16.5. The zero-order valence-electron chi connectivity index (χ0n) is 19.5. The molecule has 0 aliphatic carbocycles. The third-order valence-corrected chi connectivity index (χ3v) is 6.81. The molecule has 0 aromatic heterocycles. The van der Waals surface area contributed by atoms with Crippen LogP contribution in [0.5, 0.6) is 11.5 Å². The van der Waals surface area contributed by atoms with Crippen LogP contribution in [0.3, 0.4) is 0 Å². The minimum atomic E-state index is -0.566. The van der Waals surface area contributed by atoms with Crippen LogP contribution in [0.2, 0.25) is 0 Å². The van der Waals surface area contributed by atoms with E-state index in [0.717, 1.165) is 28.7 Å². The van der Waals surface area contributed by atoms with Gasteiger partial charge < -0.3 is 19.3 Å². The Morgan fingerprint density at radius 3 is 2.26 bits per heavy atom. The highest BCUT2D eigenvalue weighted by Crippen LogP contribution is 2.34. The standard InChI is InChI=1S/C28H28N2O4/c1-33-25-15-20-12-13-29(17-22(20)16-26(25)34-2)28(32)24(14-19-8-4-3-5-9-19)30-18-21-10-6-7-11-23(21)27(30)31/h3-11,15-16,24H,12-14,17-18H2,1-2H3/t24-/m0/s1. The van der Waals surface area contributed by atoms with Crippen LogP contribution < -0.4 is 9.47 Å². The first-order chi connectivity index (χ1) is 16.6. The van der Waals surface area contributed by atoms with Gasteiger partial charge >= 0.3 is 0 Å². The number of carbonyl (C=O) groups excluding carboxylic acids is 2. The molecule has 0 fully saturated rings. The van der Waals surface area contributed by atoms with Gasteiger partial charge in [0.15, 0.2) is 11.5 Å². The number of nitrogens with zero attached hydrogens (tertiary/aromatic N) is 2. The van der Waals surface area contributed by atoms with E-state index in [2.05, 4.69) is 0 Å². The molecule has 0 N–H and O–H groups in total. The number of ether oxygens (including phenoxy) is 2. The lowest BCUT2D eigenvalue weighted by atomic mass is 9.97. The lowest BCUT2D eigenvalue weighted by molar-refractivity contribution is -0.137. The van der Waals surface area contributed by atoms with Crippen molar-refractivity contribution >= 4 is 11.8 Å². The number of benzene rings is 3. The molecule has 3 aromatic rings. The van der Waals surface area contributed by atoms with Gasteiger partial charge in [-0.25, -0.2) is 0 Å². The highest BCUT2D eigenvalue weighted by molar-refractivity contribution is 6.01. The van der Waals surface area contributed by atoms with Crippen LogP contribution in [-0.4, -0.2) is 48.4 Å². The maximum absolute atomic E-state index is 13.9. The molecule has 0 unspecified atom stereocenters. The van der Waals surface area contributed by atoms with Gasteiger partial charge in [-0.15, -0.1) is 0 Å². The van der Waals surface area contributed by atoms with Crippen molar-refractivity contribution in [2.75, 3.05) is 20.8 Å². The van der Waals surface area contributed by atoms with Gasteiger partial charge in [0.2, 0.25) is 5.91 Å². The van der Waals surface area contributed by atoms with Crippen molar-refractivity contribution < 1.29 is 19.1 Å². The van der Waals surface area contributed by atoms with E-state index in [9.17, 15) is 9.59 Å². The summed E-state index contributed by atoms with van der Waals surface area (Å²) >= 11 is 0. The molecular formula is C28H28N2O4. The van der Waals surface area contributed by atoms with Gasteiger partial charge in [-0.05, 0) is 46.9 Å². The summed E-state index contributed by atoms with van der Waals surface area (Å²) in [5, 5.41) is 0.